The van der Waals surface area contributed by atoms with E-state index < -0.39 is 15.9 Å². The summed E-state index contributed by atoms with van der Waals surface area (Å²) in [4.78, 5) is 21.9. The standard InChI is InChI=1S/C10H12N2O4S/c1-7(13)6-10(14)12-8-4-2-3-5-9(8)17(11,15)16/h2-5H,6H2,1H3,(H,12,14)(H2,11,15,16). The molecule has 0 bridgehead atoms. The van der Waals surface area contributed by atoms with Crippen LogP contribution < -0.4 is 10.5 Å². The second-order valence-electron chi connectivity index (χ2n) is 3.47. The number of hydrogen-bond acceptors (Lipinski definition) is 4. The van der Waals surface area contributed by atoms with Gasteiger partial charge >= 0.3 is 0 Å². The number of carbonyl (C=O) groups excluding carboxylic acids is 2. The summed E-state index contributed by atoms with van der Waals surface area (Å²) in [5, 5.41) is 7.32. The number of sulfonamides is 1. The summed E-state index contributed by atoms with van der Waals surface area (Å²) in [6.07, 6.45) is -0.307. The minimum absolute atomic E-state index is 0.0706. The summed E-state index contributed by atoms with van der Waals surface area (Å²) in [6, 6.07) is 5.72. The molecule has 1 rings (SSSR count). The van der Waals surface area contributed by atoms with E-state index in [4.69, 9.17) is 5.14 Å². The SMILES string of the molecule is CC(=O)CC(=O)Nc1ccccc1S(N)(=O)=O. The number of para-hydroxylation sites is 1. The van der Waals surface area contributed by atoms with E-state index in [9.17, 15) is 18.0 Å². The highest BCUT2D eigenvalue weighted by Gasteiger charge is 2.15. The highest BCUT2D eigenvalue weighted by atomic mass is 32.2. The van der Waals surface area contributed by atoms with Crippen molar-refractivity contribution in [3.8, 4) is 0 Å². The molecule has 1 amide bonds. The smallest absolute Gasteiger partial charge is 0.240 e. The van der Waals surface area contributed by atoms with Crippen molar-refractivity contribution >= 4 is 27.4 Å². The third-order valence-electron chi connectivity index (χ3n) is 1.88. The molecule has 3 N–H and O–H groups in total. The first kappa shape index (κ1) is 13.3. The second kappa shape index (κ2) is 5.07. The van der Waals surface area contributed by atoms with E-state index in [-0.39, 0.29) is 22.8 Å². The lowest BCUT2D eigenvalue weighted by atomic mass is 10.2. The van der Waals surface area contributed by atoms with Crippen LogP contribution in [0.4, 0.5) is 5.69 Å². The van der Waals surface area contributed by atoms with E-state index in [0.717, 1.165) is 0 Å². The minimum Gasteiger partial charge on any atom is -0.324 e. The first-order valence-electron chi connectivity index (χ1n) is 4.72. The largest absolute Gasteiger partial charge is 0.324 e. The number of primary sulfonamides is 1. The van der Waals surface area contributed by atoms with Crippen LogP contribution in [-0.4, -0.2) is 20.1 Å². The van der Waals surface area contributed by atoms with Crippen molar-refractivity contribution in [1.29, 1.82) is 0 Å². The molecule has 1 aromatic rings. The first-order valence-corrected chi connectivity index (χ1v) is 6.26. The molecular weight excluding hydrogens is 244 g/mol. The molecule has 7 heteroatoms. The molecule has 0 aliphatic heterocycles. The van der Waals surface area contributed by atoms with Gasteiger partial charge in [0.15, 0.2) is 0 Å². The Kier molecular flexibility index (Phi) is 3.97. The molecule has 0 radical (unpaired) electrons. The number of amides is 1. The molecule has 0 aliphatic carbocycles. The highest BCUT2D eigenvalue weighted by Crippen LogP contribution is 2.19. The minimum atomic E-state index is -3.91. The average molecular weight is 256 g/mol. The van der Waals surface area contributed by atoms with Gasteiger partial charge in [0, 0.05) is 0 Å². The van der Waals surface area contributed by atoms with Gasteiger partial charge in [0.25, 0.3) is 0 Å². The van der Waals surface area contributed by atoms with Crippen molar-refractivity contribution in [1.82, 2.24) is 0 Å². The van der Waals surface area contributed by atoms with Crippen LogP contribution in [0.25, 0.3) is 0 Å². The van der Waals surface area contributed by atoms with Crippen molar-refractivity contribution in [2.45, 2.75) is 18.2 Å². The Balaban J connectivity index is 3.00. The Morgan fingerprint density at radius 3 is 2.41 bits per heavy atom. The molecular formula is C10H12N2O4S. The van der Waals surface area contributed by atoms with Gasteiger partial charge in [-0.25, -0.2) is 13.6 Å². The molecule has 0 saturated heterocycles. The van der Waals surface area contributed by atoms with Crippen molar-refractivity contribution in [3.63, 3.8) is 0 Å². The van der Waals surface area contributed by atoms with Crippen LogP contribution in [-0.2, 0) is 19.6 Å². The Bertz CT molecular complexity index is 551. The summed E-state index contributed by atoms with van der Waals surface area (Å²) in [5.41, 5.74) is 0.0706. The lowest BCUT2D eigenvalue weighted by molar-refractivity contribution is -0.124. The molecule has 92 valence electrons. The summed E-state index contributed by atoms with van der Waals surface area (Å²) >= 11 is 0. The van der Waals surface area contributed by atoms with Crippen LogP contribution in [0.5, 0.6) is 0 Å². The predicted octanol–water partition coefficient (Wildman–Crippen LogP) is 0.252. The first-order chi connectivity index (χ1) is 7.80. The Morgan fingerprint density at radius 2 is 1.88 bits per heavy atom. The van der Waals surface area contributed by atoms with Gasteiger partial charge in [0.05, 0.1) is 12.1 Å². The van der Waals surface area contributed by atoms with Crippen LogP contribution >= 0.6 is 0 Å². The number of Topliss-reactive ketones (excluding diaryl/α,β-unsaturated/α-hetero) is 1. The maximum Gasteiger partial charge on any atom is 0.240 e. The Labute approximate surface area is 98.9 Å². The molecule has 6 nitrogen and oxygen atoms in total. The molecule has 0 spiro atoms. The maximum atomic E-state index is 11.3. The van der Waals surface area contributed by atoms with Gasteiger partial charge < -0.3 is 5.32 Å². The van der Waals surface area contributed by atoms with Gasteiger partial charge in [-0.2, -0.15) is 0 Å². The lowest BCUT2D eigenvalue weighted by Crippen LogP contribution is -2.19. The number of hydrogen-bond donors (Lipinski definition) is 2. The molecule has 17 heavy (non-hydrogen) atoms. The van der Waals surface area contributed by atoms with E-state index in [0.29, 0.717) is 0 Å². The lowest BCUT2D eigenvalue weighted by Gasteiger charge is -2.08. The zero-order valence-electron chi connectivity index (χ0n) is 9.14. The highest BCUT2D eigenvalue weighted by molar-refractivity contribution is 7.89. The number of anilines is 1. The number of nitrogens with two attached hydrogens (primary N) is 1. The second-order valence-corrected chi connectivity index (χ2v) is 5.00. The van der Waals surface area contributed by atoms with Crippen molar-refractivity contribution in [2.24, 2.45) is 5.14 Å². The van der Waals surface area contributed by atoms with Gasteiger partial charge in [0.2, 0.25) is 15.9 Å². The van der Waals surface area contributed by atoms with Crippen LogP contribution in [0, 0.1) is 0 Å². The van der Waals surface area contributed by atoms with E-state index in [1.54, 1.807) is 6.07 Å². The third kappa shape index (κ3) is 3.97. The van der Waals surface area contributed by atoms with E-state index >= 15 is 0 Å². The Hall–Kier alpha value is -1.73. The average Bonchev–Trinajstić information content (AvgIpc) is 2.15. The van der Waals surface area contributed by atoms with Crippen molar-refractivity contribution in [2.75, 3.05) is 5.32 Å². The molecule has 0 aliphatic rings. The zero-order valence-corrected chi connectivity index (χ0v) is 9.95. The maximum absolute atomic E-state index is 11.3. The third-order valence-corrected chi connectivity index (χ3v) is 2.85. The Morgan fingerprint density at radius 1 is 1.29 bits per heavy atom. The summed E-state index contributed by atoms with van der Waals surface area (Å²) in [5.74, 6) is -0.885. The van der Waals surface area contributed by atoms with Crippen LogP contribution in [0.15, 0.2) is 29.2 Å². The fourth-order valence-corrected chi connectivity index (χ4v) is 1.93. The predicted molar refractivity (Wildman–Crippen MR) is 61.7 cm³/mol. The molecule has 1 aromatic carbocycles. The van der Waals surface area contributed by atoms with Gasteiger partial charge in [-0.15, -0.1) is 0 Å². The molecule has 0 heterocycles. The van der Waals surface area contributed by atoms with Gasteiger partial charge in [-0.3, -0.25) is 9.59 Å². The topological polar surface area (TPSA) is 106 Å². The van der Waals surface area contributed by atoms with Gasteiger partial charge in [-0.1, -0.05) is 12.1 Å². The van der Waals surface area contributed by atoms with Gasteiger partial charge in [0.1, 0.15) is 10.7 Å². The van der Waals surface area contributed by atoms with E-state index in [1.165, 1.54) is 25.1 Å². The molecule has 0 saturated carbocycles. The number of nitrogens with one attached hydrogen (secondary N) is 1. The van der Waals surface area contributed by atoms with Crippen LogP contribution in [0.1, 0.15) is 13.3 Å². The molecule has 0 unspecified atom stereocenters. The van der Waals surface area contributed by atoms with E-state index in [2.05, 4.69) is 5.32 Å². The molecule has 0 atom stereocenters. The normalized spacial score (nSPS) is 10.9. The van der Waals surface area contributed by atoms with E-state index in [1.807, 2.05) is 0 Å². The molecule has 0 fully saturated rings. The zero-order chi connectivity index (χ0) is 13.1. The summed E-state index contributed by atoms with van der Waals surface area (Å²) in [6.45, 7) is 1.27. The fourth-order valence-electron chi connectivity index (χ4n) is 1.24. The number of benzene rings is 1. The summed E-state index contributed by atoms with van der Waals surface area (Å²) < 4.78 is 22.4. The molecule has 0 aromatic heterocycles. The van der Waals surface area contributed by atoms with Gasteiger partial charge in [-0.05, 0) is 19.1 Å². The number of carbonyl (C=O) groups is 2. The van der Waals surface area contributed by atoms with Crippen LogP contribution in [0.2, 0.25) is 0 Å². The fraction of sp³-hybridized carbons (Fsp3) is 0.200. The number of rotatable bonds is 4. The van der Waals surface area contributed by atoms with Crippen LogP contribution in [0.3, 0.4) is 0 Å². The monoisotopic (exact) mass is 256 g/mol. The van der Waals surface area contributed by atoms with Crippen molar-refractivity contribution < 1.29 is 18.0 Å². The number of ketones is 1. The quantitative estimate of drug-likeness (QED) is 0.753. The summed E-state index contributed by atoms with van der Waals surface area (Å²) in [7, 11) is -3.91. The van der Waals surface area contributed by atoms with Crippen molar-refractivity contribution in [3.05, 3.63) is 24.3 Å².